The molecular formula is C49H30N2S. The van der Waals surface area contributed by atoms with E-state index in [1.165, 1.54) is 59.5 Å². The summed E-state index contributed by atoms with van der Waals surface area (Å²) in [6, 6.07) is 65.8. The van der Waals surface area contributed by atoms with Crippen LogP contribution in [0.4, 0.5) is 0 Å². The molecule has 0 bridgehead atoms. The minimum atomic E-state index is -0.378. The molecule has 242 valence electrons. The maximum atomic E-state index is 5.14. The number of hydrogen-bond acceptors (Lipinski definition) is 3. The van der Waals surface area contributed by atoms with Crippen molar-refractivity contribution in [1.82, 2.24) is 9.97 Å². The summed E-state index contributed by atoms with van der Waals surface area (Å²) in [6.45, 7) is 0. The third-order valence-electron chi connectivity index (χ3n) is 10.9. The molecule has 0 unspecified atom stereocenters. The molecule has 2 aromatic heterocycles. The number of thiophene rings is 1. The van der Waals surface area contributed by atoms with Crippen LogP contribution in [0.25, 0.3) is 77.4 Å². The molecule has 0 aliphatic heterocycles. The quantitative estimate of drug-likeness (QED) is 0.185. The van der Waals surface area contributed by atoms with Crippen LogP contribution in [0.3, 0.4) is 0 Å². The number of fused-ring (bicyclic) bond motifs is 12. The van der Waals surface area contributed by atoms with Crippen molar-refractivity contribution in [2.45, 2.75) is 5.41 Å². The molecule has 11 rings (SSSR count). The minimum Gasteiger partial charge on any atom is -0.228 e. The lowest BCUT2D eigenvalue weighted by molar-refractivity contribution is 0.812. The summed E-state index contributed by atoms with van der Waals surface area (Å²) < 4.78 is 1.34. The monoisotopic (exact) mass is 678 g/mol. The van der Waals surface area contributed by atoms with Crippen molar-refractivity contribution in [3.8, 4) is 67.3 Å². The zero-order valence-electron chi connectivity index (χ0n) is 28.1. The smallest absolute Gasteiger partial charge is 0.160 e. The fourth-order valence-corrected chi connectivity index (χ4v) is 10.1. The van der Waals surface area contributed by atoms with Crippen LogP contribution in [0.5, 0.6) is 0 Å². The van der Waals surface area contributed by atoms with E-state index in [0.717, 1.165) is 39.5 Å². The van der Waals surface area contributed by atoms with Crippen molar-refractivity contribution in [3.63, 3.8) is 0 Å². The summed E-state index contributed by atoms with van der Waals surface area (Å²) in [5, 5.41) is 1.34. The summed E-state index contributed by atoms with van der Waals surface area (Å²) in [4.78, 5) is 11.6. The third-order valence-corrected chi connectivity index (χ3v) is 12.2. The SMILES string of the molecule is c1ccc(-c2cc(-c3cccc(-c4ccc5c(c4)C4(c6ccccc6-c6ccccc64)c4sc6ccccc6c4-5)c3)nc(-c3ccccc3)n2)cc1. The molecule has 9 aromatic rings. The van der Waals surface area contributed by atoms with Gasteiger partial charge in [-0.3, -0.25) is 0 Å². The highest BCUT2D eigenvalue weighted by Crippen LogP contribution is 2.66. The van der Waals surface area contributed by atoms with Crippen molar-refractivity contribution in [1.29, 1.82) is 0 Å². The Kier molecular flexibility index (Phi) is 6.37. The molecule has 0 saturated carbocycles. The molecule has 2 heterocycles. The molecule has 0 atom stereocenters. The van der Waals surface area contributed by atoms with Gasteiger partial charge in [-0.05, 0) is 68.8 Å². The van der Waals surface area contributed by atoms with E-state index < -0.39 is 0 Å². The van der Waals surface area contributed by atoms with Crippen LogP contribution < -0.4 is 0 Å². The second-order valence-electron chi connectivity index (χ2n) is 13.7. The molecular weight excluding hydrogens is 649 g/mol. The van der Waals surface area contributed by atoms with Crippen molar-refractivity contribution in [2.24, 2.45) is 0 Å². The number of hydrogen-bond donors (Lipinski definition) is 0. The van der Waals surface area contributed by atoms with Crippen molar-refractivity contribution < 1.29 is 0 Å². The molecule has 7 aromatic carbocycles. The van der Waals surface area contributed by atoms with Gasteiger partial charge in [-0.1, -0.05) is 158 Å². The zero-order valence-corrected chi connectivity index (χ0v) is 28.9. The van der Waals surface area contributed by atoms with Crippen LogP contribution in [-0.4, -0.2) is 9.97 Å². The second-order valence-corrected chi connectivity index (χ2v) is 14.7. The summed E-state index contributed by atoms with van der Waals surface area (Å²) in [5.41, 5.74) is 16.4. The summed E-state index contributed by atoms with van der Waals surface area (Å²) in [5.74, 6) is 0.721. The Balaban J connectivity index is 1.12. The van der Waals surface area contributed by atoms with E-state index in [-0.39, 0.29) is 5.41 Å². The molecule has 0 amide bonds. The third kappa shape index (κ3) is 4.17. The van der Waals surface area contributed by atoms with Gasteiger partial charge >= 0.3 is 0 Å². The molecule has 0 fully saturated rings. The number of aromatic nitrogens is 2. The van der Waals surface area contributed by atoms with Gasteiger partial charge in [0.15, 0.2) is 5.82 Å². The Hall–Kier alpha value is -6.42. The Bertz CT molecular complexity index is 2750. The van der Waals surface area contributed by atoms with Gasteiger partial charge in [-0.25, -0.2) is 9.97 Å². The van der Waals surface area contributed by atoms with E-state index in [9.17, 15) is 0 Å². The van der Waals surface area contributed by atoms with E-state index in [1.807, 2.05) is 35.6 Å². The van der Waals surface area contributed by atoms with Crippen LogP contribution in [0.1, 0.15) is 21.6 Å². The van der Waals surface area contributed by atoms with Gasteiger partial charge in [0.2, 0.25) is 0 Å². The molecule has 1 spiro atoms. The molecule has 2 nitrogen and oxygen atoms in total. The van der Waals surface area contributed by atoms with Crippen LogP contribution >= 0.6 is 11.3 Å². The summed E-state index contributed by atoms with van der Waals surface area (Å²) in [7, 11) is 0. The average Bonchev–Trinajstić information content (AvgIpc) is 3.85. The van der Waals surface area contributed by atoms with E-state index >= 15 is 0 Å². The van der Waals surface area contributed by atoms with Crippen molar-refractivity contribution in [2.75, 3.05) is 0 Å². The fourth-order valence-electron chi connectivity index (χ4n) is 8.65. The molecule has 0 radical (unpaired) electrons. The van der Waals surface area contributed by atoms with Crippen molar-refractivity contribution in [3.05, 3.63) is 204 Å². The van der Waals surface area contributed by atoms with Crippen LogP contribution in [0.2, 0.25) is 0 Å². The summed E-state index contributed by atoms with van der Waals surface area (Å²) in [6.07, 6.45) is 0. The number of rotatable bonds is 4. The second kappa shape index (κ2) is 11.3. The minimum absolute atomic E-state index is 0.378. The van der Waals surface area contributed by atoms with Crippen LogP contribution in [-0.2, 0) is 5.41 Å². The first-order valence-corrected chi connectivity index (χ1v) is 18.6. The van der Waals surface area contributed by atoms with Gasteiger partial charge in [0.25, 0.3) is 0 Å². The molecule has 3 heteroatoms. The molecule has 52 heavy (non-hydrogen) atoms. The largest absolute Gasteiger partial charge is 0.228 e. The first-order valence-electron chi connectivity index (χ1n) is 17.7. The topological polar surface area (TPSA) is 25.8 Å². The van der Waals surface area contributed by atoms with Gasteiger partial charge in [-0.2, -0.15) is 0 Å². The van der Waals surface area contributed by atoms with E-state index in [1.54, 1.807) is 0 Å². The van der Waals surface area contributed by atoms with Gasteiger partial charge in [0, 0.05) is 37.2 Å². The molecule has 0 N–H and O–H groups in total. The van der Waals surface area contributed by atoms with E-state index in [4.69, 9.17) is 9.97 Å². The molecule has 2 aliphatic rings. The average molecular weight is 679 g/mol. The highest BCUT2D eigenvalue weighted by molar-refractivity contribution is 7.20. The van der Waals surface area contributed by atoms with E-state index in [2.05, 4.69) is 158 Å². The lowest BCUT2D eigenvalue weighted by Crippen LogP contribution is -2.24. The highest BCUT2D eigenvalue weighted by atomic mass is 32.1. The predicted molar refractivity (Wildman–Crippen MR) is 215 cm³/mol. The standard InChI is InChI=1S/C49H30N2S/c1-3-14-31(15-4-1)43-30-44(51-48(50-43)32-16-5-2-6-17-32)35-19-13-18-33(28-35)34-26-27-38-42(29-34)49(47-46(38)39-22-9-12-25-45(39)52-47)40-23-10-7-20-36(40)37-21-8-11-24-41(37)49/h1-30H. The first kappa shape index (κ1) is 29.3. The van der Waals surface area contributed by atoms with E-state index in [0.29, 0.717) is 0 Å². The Morgan fingerprint density at radius 2 is 0.962 bits per heavy atom. The van der Waals surface area contributed by atoms with Crippen LogP contribution in [0, 0.1) is 0 Å². The Morgan fingerprint density at radius 3 is 1.71 bits per heavy atom. The first-order chi connectivity index (χ1) is 25.8. The number of benzene rings is 7. The van der Waals surface area contributed by atoms with Crippen LogP contribution in [0.15, 0.2) is 182 Å². The highest BCUT2D eigenvalue weighted by Gasteiger charge is 2.53. The fraction of sp³-hybridized carbons (Fsp3) is 0.0204. The van der Waals surface area contributed by atoms with Gasteiger partial charge in [0.1, 0.15) is 0 Å². The molecule has 0 saturated heterocycles. The lowest BCUT2D eigenvalue weighted by atomic mass is 9.73. The van der Waals surface area contributed by atoms with Crippen molar-refractivity contribution >= 4 is 21.4 Å². The Labute approximate surface area is 306 Å². The Morgan fingerprint density at radius 1 is 0.385 bits per heavy atom. The summed E-state index contributed by atoms with van der Waals surface area (Å²) >= 11 is 1.95. The molecule has 2 aliphatic carbocycles. The van der Waals surface area contributed by atoms with Gasteiger partial charge in [-0.15, -0.1) is 11.3 Å². The number of nitrogens with zero attached hydrogens (tertiary/aromatic N) is 2. The maximum absolute atomic E-state index is 5.14. The van der Waals surface area contributed by atoms with Gasteiger partial charge in [0.05, 0.1) is 16.8 Å². The predicted octanol–water partition coefficient (Wildman–Crippen LogP) is 12.7. The lowest BCUT2D eigenvalue weighted by Gasteiger charge is -2.29. The van der Waals surface area contributed by atoms with Gasteiger partial charge < -0.3 is 0 Å². The zero-order chi connectivity index (χ0) is 34.2. The maximum Gasteiger partial charge on any atom is 0.160 e. The normalized spacial score (nSPS) is 13.2.